The van der Waals surface area contributed by atoms with Gasteiger partial charge in [0.15, 0.2) is 0 Å². The fourth-order valence-electron chi connectivity index (χ4n) is 4.15. The molecule has 4 heteroatoms. The van der Waals surface area contributed by atoms with Crippen LogP contribution < -0.4 is 12.4 Å². The highest BCUT2D eigenvalue weighted by atomic mass is 35.5. The van der Waals surface area contributed by atoms with E-state index in [1.165, 1.54) is 54.6 Å². The lowest BCUT2D eigenvalue weighted by atomic mass is 10.1. The van der Waals surface area contributed by atoms with E-state index < -0.39 is 0 Å². The molecule has 2 aromatic carbocycles. The highest BCUT2D eigenvalue weighted by Gasteiger charge is 2.28. The maximum absolute atomic E-state index is 6.63. The zero-order valence-corrected chi connectivity index (χ0v) is 21.0. The van der Waals surface area contributed by atoms with Crippen LogP contribution >= 0.6 is 23.2 Å². The third-order valence-corrected chi connectivity index (χ3v) is 6.73. The number of halogens is 3. The van der Waals surface area contributed by atoms with Gasteiger partial charge < -0.3 is 16.9 Å². The first kappa shape index (κ1) is 26.0. The Morgan fingerprint density at radius 3 is 1.48 bits per heavy atom. The Morgan fingerprint density at radius 2 is 1.10 bits per heavy atom. The number of benzene rings is 2. The van der Waals surface area contributed by atoms with Gasteiger partial charge >= 0.3 is 0 Å². The number of hydrogen-bond donors (Lipinski definition) is 0. The normalized spacial score (nSPS) is 16.6. The molecule has 3 rings (SSSR count). The minimum absolute atomic E-state index is 0. The number of likely N-dealkylation sites (tertiary alicyclic amines) is 1. The molecule has 0 amide bonds. The van der Waals surface area contributed by atoms with Crippen molar-refractivity contribution < 1.29 is 16.9 Å². The zero-order valence-electron chi connectivity index (χ0n) is 18.7. The molecule has 0 aliphatic carbocycles. The molecule has 1 saturated heterocycles. The van der Waals surface area contributed by atoms with Crippen LogP contribution in [0.2, 0.25) is 0 Å². The predicted octanol–water partition coefficient (Wildman–Crippen LogP) is 4.34. The first-order valence-electron chi connectivity index (χ1n) is 11.1. The molecule has 168 valence electrons. The predicted molar refractivity (Wildman–Crippen MR) is 131 cm³/mol. The third kappa shape index (κ3) is 8.66. The molecule has 0 unspecified atom stereocenters. The van der Waals surface area contributed by atoms with Gasteiger partial charge in [-0.15, -0.1) is 0 Å². The summed E-state index contributed by atoms with van der Waals surface area (Å²) in [6, 6.07) is 17.3. The second kappa shape index (κ2) is 12.7. The summed E-state index contributed by atoms with van der Waals surface area (Å²) < 4.78 is 1.06. The van der Waals surface area contributed by atoms with Gasteiger partial charge in [0.1, 0.15) is 0 Å². The van der Waals surface area contributed by atoms with Crippen molar-refractivity contribution in [3.63, 3.8) is 0 Å². The molecule has 0 bridgehead atoms. The number of nitrogens with zero attached hydrogens (tertiary/aromatic N) is 1. The minimum atomic E-state index is 0. The molecule has 31 heavy (non-hydrogen) atoms. The Morgan fingerprint density at radius 1 is 0.710 bits per heavy atom. The van der Waals surface area contributed by atoms with Gasteiger partial charge in [-0.05, 0) is 56.4 Å². The topological polar surface area (TPSA) is 0 Å². The number of rotatable bonds is 8. The largest absolute Gasteiger partial charge is 1.00 e. The standard InChI is InChI=1S/C27H34Cl2N.ClH/c1-22-6-10-24(11-7-22)20-26(28)14-18-30(16-4-3-5-17-30)19-15-27(29)21-25-12-8-23(2)9-13-25;/h6-15H,3-5,16-21H2,1-2H3;1H/q+1;/p-1/b26-14-,27-15-;. The maximum atomic E-state index is 6.63. The fraction of sp³-hybridized carbons (Fsp3) is 0.407. The van der Waals surface area contributed by atoms with E-state index in [-0.39, 0.29) is 12.4 Å². The van der Waals surface area contributed by atoms with Gasteiger partial charge in [0.2, 0.25) is 0 Å². The van der Waals surface area contributed by atoms with Gasteiger partial charge in [-0.3, -0.25) is 0 Å². The molecular weight excluding hydrogens is 445 g/mol. The van der Waals surface area contributed by atoms with Crippen molar-refractivity contribution in [3.8, 4) is 0 Å². The second-order valence-corrected chi connectivity index (χ2v) is 9.81. The van der Waals surface area contributed by atoms with E-state index in [9.17, 15) is 0 Å². The summed E-state index contributed by atoms with van der Waals surface area (Å²) in [7, 11) is 0. The summed E-state index contributed by atoms with van der Waals surface area (Å²) in [4.78, 5) is 0. The van der Waals surface area contributed by atoms with E-state index in [0.717, 1.165) is 40.5 Å². The Bertz CT molecular complexity index is 793. The van der Waals surface area contributed by atoms with Crippen LogP contribution in [-0.2, 0) is 12.8 Å². The van der Waals surface area contributed by atoms with Crippen molar-refractivity contribution >= 4 is 23.2 Å². The molecule has 2 aromatic rings. The first-order chi connectivity index (χ1) is 14.4. The van der Waals surface area contributed by atoms with Crippen LogP contribution in [0.3, 0.4) is 0 Å². The minimum Gasteiger partial charge on any atom is -1.00 e. The number of hydrogen-bond acceptors (Lipinski definition) is 0. The lowest BCUT2D eigenvalue weighted by Crippen LogP contribution is -3.00. The van der Waals surface area contributed by atoms with E-state index in [4.69, 9.17) is 23.2 Å². The average molecular weight is 479 g/mol. The number of allylic oxidation sites excluding steroid dienone is 2. The molecule has 1 aliphatic heterocycles. The van der Waals surface area contributed by atoms with E-state index in [1.54, 1.807) is 0 Å². The summed E-state index contributed by atoms with van der Waals surface area (Å²) in [5, 5.41) is 1.88. The van der Waals surface area contributed by atoms with E-state index in [1.807, 2.05) is 0 Å². The van der Waals surface area contributed by atoms with Crippen molar-refractivity contribution in [2.45, 2.75) is 46.0 Å². The lowest BCUT2D eigenvalue weighted by Gasteiger charge is -2.40. The molecule has 1 aliphatic rings. The number of quaternary nitrogens is 1. The molecule has 0 atom stereocenters. The van der Waals surface area contributed by atoms with Gasteiger partial charge in [-0.25, -0.2) is 0 Å². The molecular formula is C27H34Cl3N. The Balaban J connectivity index is 0.00000341. The smallest absolute Gasteiger partial charge is 0.0990 e. The van der Waals surface area contributed by atoms with Gasteiger partial charge in [-0.2, -0.15) is 0 Å². The Kier molecular flexibility index (Phi) is 10.7. The molecule has 0 aromatic heterocycles. The maximum Gasteiger partial charge on any atom is 0.0990 e. The number of aryl methyl sites for hydroxylation is 2. The van der Waals surface area contributed by atoms with Crippen LogP contribution in [0.5, 0.6) is 0 Å². The lowest BCUT2D eigenvalue weighted by molar-refractivity contribution is -0.921. The third-order valence-electron chi connectivity index (χ3n) is 6.15. The Hall–Kier alpha value is -1.25. The first-order valence-corrected chi connectivity index (χ1v) is 11.8. The van der Waals surface area contributed by atoms with Gasteiger partial charge in [0, 0.05) is 22.9 Å². The monoisotopic (exact) mass is 477 g/mol. The molecule has 0 spiro atoms. The molecule has 0 saturated carbocycles. The van der Waals surface area contributed by atoms with Crippen LogP contribution in [0.4, 0.5) is 0 Å². The summed E-state index contributed by atoms with van der Waals surface area (Å²) in [5.41, 5.74) is 5.11. The molecule has 1 heterocycles. The van der Waals surface area contributed by atoms with Crippen LogP contribution in [0.25, 0.3) is 0 Å². The van der Waals surface area contributed by atoms with Crippen LogP contribution in [0, 0.1) is 13.8 Å². The molecule has 0 radical (unpaired) electrons. The highest BCUT2D eigenvalue weighted by molar-refractivity contribution is 6.30. The fourth-order valence-corrected chi connectivity index (χ4v) is 4.60. The van der Waals surface area contributed by atoms with Gasteiger partial charge in [0.05, 0.1) is 26.2 Å². The summed E-state index contributed by atoms with van der Waals surface area (Å²) in [6.45, 7) is 8.60. The number of piperidine rings is 1. The average Bonchev–Trinajstić information content (AvgIpc) is 2.75. The highest BCUT2D eigenvalue weighted by Crippen LogP contribution is 2.22. The van der Waals surface area contributed by atoms with Crippen molar-refractivity contribution in [2.75, 3.05) is 26.2 Å². The van der Waals surface area contributed by atoms with Gasteiger partial charge in [0.25, 0.3) is 0 Å². The van der Waals surface area contributed by atoms with E-state index in [0.29, 0.717) is 0 Å². The zero-order chi connectivity index (χ0) is 21.4. The summed E-state index contributed by atoms with van der Waals surface area (Å²) in [5.74, 6) is 0. The molecule has 1 fully saturated rings. The van der Waals surface area contributed by atoms with Crippen molar-refractivity contribution in [1.82, 2.24) is 0 Å². The SMILES string of the molecule is Cc1ccc(C/C(Cl)=C/C[N+]2(C/C=C(\Cl)Cc3ccc(C)cc3)CCCCC2)cc1.[Cl-]. The van der Waals surface area contributed by atoms with Crippen LogP contribution in [-0.4, -0.2) is 30.7 Å². The van der Waals surface area contributed by atoms with Crippen molar-refractivity contribution in [1.29, 1.82) is 0 Å². The summed E-state index contributed by atoms with van der Waals surface area (Å²) >= 11 is 13.3. The Labute approximate surface area is 204 Å². The van der Waals surface area contributed by atoms with Crippen molar-refractivity contribution in [2.24, 2.45) is 0 Å². The van der Waals surface area contributed by atoms with Crippen molar-refractivity contribution in [3.05, 3.63) is 93.0 Å². The van der Waals surface area contributed by atoms with E-state index >= 15 is 0 Å². The van der Waals surface area contributed by atoms with Crippen LogP contribution in [0.1, 0.15) is 41.5 Å². The molecule has 1 nitrogen and oxygen atoms in total. The summed E-state index contributed by atoms with van der Waals surface area (Å²) in [6.07, 6.45) is 10.0. The molecule has 0 N–H and O–H groups in total. The quantitative estimate of drug-likeness (QED) is 0.495. The van der Waals surface area contributed by atoms with E-state index in [2.05, 4.69) is 74.5 Å². The second-order valence-electron chi connectivity index (χ2n) is 8.84. The van der Waals surface area contributed by atoms with Crippen LogP contribution in [0.15, 0.2) is 70.7 Å². The van der Waals surface area contributed by atoms with Gasteiger partial charge in [-0.1, -0.05) is 82.9 Å².